The molecule has 4 rings (SSSR count). The van der Waals surface area contributed by atoms with Gasteiger partial charge in [-0.2, -0.15) is 13.2 Å². The molecule has 32 heavy (non-hydrogen) atoms. The molecule has 0 spiro atoms. The van der Waals surface area contributed by atoms with Gasteiger partial charge in [0.25, 0.3) is 0 Å². The minimum atomic E-state index is -4.69. The van der Waals surface area contributed by atoms with Gasteiger partial charge in [-0.25, -0.2) is 9.37 Å². The van der Waals surface area contributed by atoms with Crippen molar-refractivity contribution in [1.29, 1.82) is 0 Å². The van der Waals surface area contributed by atoms with E-state index >= 15 is 0 Å². The number of alkyl halides is 3. The molecule has 0 radical (unpaired) electrons. The van der Waals surface area contributed by atoms with Gasteiger partial charge in [-0.3, -0.25) is 4.90 Å². The third kappa shape index (κ3) is 5.02. The van der Waals surface area contributed by atoms with Crippen molar-refractivity contribution in [2.75, 3.05) is 18.8 Å². The molecule has 1 saturated heterocycles. The Kier molecular flexibility index (Phi) is 6.32. The Morgan fingerprint density at radius 3 is 2.41 bits per heavy atom. The van der Waals surface area contributed by atoms with Crippen LogP contribution in [0.1, 0.15) is 29.5 Å². The predicted octanol–water partition coefficient (Wildman–Crippen LogP) is 5.66. The Morgan fingerprint density at radius 1 is 1.00 bits per heavy atom. The highest BCUT2D eigenvalue weighted by Crippen LogP contribution is 2.34. The first-order valence-electron chi connectivity index (χ1n) is 10.4. The van der Waals surface area contributed by atoms with Crippen molar-refractivity contribution in [3.05, 3.63) is 77.2 Å². The molecule has 2 aromatic carbocycles. The monoisotopic (exact) mass is 445 g/mol. The van der Waals surface area contributed by atoms with Crippen molar-refractivity contribution in [2.24, 2.45) is 0 Å². The molecular weight excluding hydrogens is 422 g/mol. The number of benzene rings is 2. The maximum absolute atomic E-state index is 14.1. The van der Waals surface area contributed by atoms with Crippen LogP contribution in [0.3, 0.4) is 0 Å². The van der Waals surface area contributed by atoms with Crippen LogP contribution in [0, 0.1) is 5.82 Å². The number of nitrogens with zero attached hydrogens (tertiary/aromatic N) is 2. The molecule has 0 bridgehead atoms. The third-order valence-electron chi connectivity index (χ3n) is 5.57. The van der Waals surface area contributed by atoms with Crippen LogP contribution in [0.25, 0.3) is 11.1 Å². The van der Waals surface area contributed by atoms with Crippen molar-refractivity contribution < 1.29 is 22.3 Å². The number of anilines is 1. The molecule has 1 aliphatic rings. The van der Waals surface area contributed by atoms with Crippen LogP contribution in [0.4, 0.5) is 23.4 Å². The summed E-state index contributed by atoms with van der Waals surface area (Å²) in [5.74, 6) is -0.875. The van der Waals surface area contributed by atoms with Gasteiger partial charge >= 0.3 is 6.18 Å². The van der Waals surface area contributed by atoms with Gasteiger partial charge in [0.1, 0.15) is 12.4 Å². The summed E-state index contributed by atoms with van der Waals surface area (Å²) < 4.78 is 59.2. The van der Waals surface area contributed by atoms with Crippen LogP contribution < -0.4 is 10.5 Å². The van der Waals surface area contributed by atoms with Crippen molar-refractivity contribution in [3.63, 3.8) is 0 Å². The first-order valence-corrected chi connectivity index (χ1v) is 10.4. The van der Waals surface area contributed by atoms with Crippen molar-refractivity contribution in [2.45, 2.75) is 32.2 Å². The second kappa shape index (κ2) is 9.16. The van der Waals surface area contributed by atoms with Crippen LogP contribution in [0.5, 0.6) is 5.75 Å². The fourth-order valence-corrected chi connectivity index (χ4v) is 3.85. The van der Waals surface area contributed by atoms with Gasteiger partial charge in [0.05, 0.1) is 5.56 Å². The lowest BCUT2D eigenvalue weighted by Gasteiger charge is -2.16. The second-order valence-corrected chi connectivity index (χ2v) is 7.84. The van der Waals surface area contributed by atoms with E-state index in [1.54, 1.807) is 12.3 Å². The topological polar surface area (TPSA) is 51.4 Å². The second-order valence-electron chi connectivity index (χ2n) is 7.84. The first-order chi connectivity index (χ1) is 15.3. The Balaban J connectivity index is 1.51. The minimum absolute atomic E-state index is 0.0179. The van der Waals surface area contributed by atoms with Gasteiger partial charge in [0.2, 0.25) is 0 Å². The molecule has 8 heteroatoms. The molecule has 0 aliphatic carbocycles. The summed E-state index contributed by atoms with van der Waals surface area (Å²) in [7, 11) is 0. The molecule has 2 N–H and O–H groups in total. The molecule has 3 aromatic rings. The molecule has 0 unspecified atom stereocenters. The Labute approximate surface area is 183 Å². The van der Waals surface area contributed by atoms with E-state index in [-0.39, 0.29) is 11.6 Å². The van der Waals surface area contributed by atoms with Crippen molar-refractivity contribution >= 4 is 5.82 Å². The van der Waals surface area contributed by atoms with E-state index < -0.39 is 29.7 Å². The number of likely N-dealkylation sites (tertiary alicyclic amines) is 1. The number of aromatic nitrogens is 1. The largest absolute Gasteiger partial charge is 0.485 e. The van der Waals surface area contributed by atoms with Crippen LogP contribution >= 0.6 is 0 Å². The summed E-state index contributed by atoms with van der Waals surface area (Å²) in [5, 5.41) is 0. The van der Waals surface area contributed by atoms with Crippen LogP contribution in [0.15, 0.2) is 54.7 Å². The average molecular weight is 445 g/mol. The fraction of sp³-hybridized carbons (Fsp3) is 0.292. The maximum Gasteiger partial charge on any atom is 0.416 e. The average Bonchev–Trinajstić information content (AvgIpc) is 3.27. The van der Waals surface area contributed by atoms with Gasteiger partial charge in [0.15, 0.2) is 11.6 Å². The number of halogens is 4. The Morgan fingerprint density at radius 2 is 1.72 bits per heavy atom. The summed E-state index contributed by atoms with van der Waals surface area (Å²) >= 11 is 0. The summed E-state index contributed by atoms with van der Waals surface area (Å²) in [6.45, 7) is 2.51. The number of ether oxygens (including phenoxy) is 1. The Bertz CT molecular complexity index is 1080. The highest BCUT2D eigenvalue weighted by atomic mass is 19.4. The van der Waals surface area contributed by atoms with Crippen molar-refractivity contribution in [1.82, 2.24) is 9.88 Å². The number of rotatable bonds is 6. The summed E-state index contributed by atoms with van der Waals surface area (Å²) in [4.78, 5) is 6.50. The maximum atomic E-state index is 14.1. The molecule has 1 aliphatic heterocycles. The van der Waals surface area contributed by atoms with E-state index in [4.69, 9.17) is 10.5 Å². The van der Waals surface area contributed by atoms with E-state index in [9.17, 15) is 17.6 Å². The van der Waals surface area contributed by atoms with E-state index in [1.165, 1.54) is 18.4 Å². The van der Waals surface area contributed by atoms with Gasteiger partial charge < -0.3 is 10.5 Å². The highest BCUT2D eigenvalue weighted by Gasteiger charge is 2.34. The normalized spacial score (nSPS) is 14.6. The van der Waals surface area contributed by atoms with E-state index in [1.807, 2.05) is 24.3 Å². The molecule has 4 nitrogen and oxygen atoms in total. The minimum Gasteiger partial charge on any atom is -0.485 e. The molecule has 2 heterocycles. The Hall–Kier alpha value is -3.13. The van der Waals surface area contributed by atoms with Crippen LogP contribution in [-0.4, -0.2) is 23.0 Å². The molecule has 0 amide bonds. The fourth-order valence-electron chi connectivity index (χ4n) is 3.85. The number of hydrogen-bond acceptors (Lipinski definition) is 4. The smallest absolute Gasteiger partial charge is 0.416 e. The lowest BCUT2D eigenvalue weighted by Crippen LogP contribution is -2.18. The molecule has 0 atom stereocenters. The van der Waals surface area contributed by atoms with Crippen LogP contribution in [-0.2, 0) is 19.3 Å². The summed E-state index contributed by atoms with van der Waals surface area (Å²) in [5.41, 5.74) is 6.98. The number of hydrogen-bond donors (Lipinski definition) is 1. The lowest BCUT2D eigenvalue weighted by molar-refractivity contribution is -0.138. The van der Waals surface area contributed by atoms with Gasteiger partial charge in [-0.15, -0.1) is 0 Å². The third-order valence-corrected chi connectivity index (χ3v) is 5.57. The van der Waals surface area contributed by atoms with Gasteiger partial charge in [-0.1, -0.05) is 30.3 Å². The quantitative estimate of drug-likeness (QED) is 0.497. The predicted molar refractivity (Wildman–Crippen MR) is 114 cm³/mol. The van der Waals surface area contributed by atoms with Crippen LogP contribution in [0.2, 0.25) is 0 Å². The first kappa shape index (κ1) is 22.1. The van der Waals surface area contributed by atoms with Gasteiger partial charge in [-0.05, 0) is 55.3 Å². The zero-order chi connectivity index (χ0) is 22.7. The molecule has 1 fully saturated rings. The standard InChI is InChI=1S/C24H23F4N3O/c25-21-5-3-4-20(24(26,27)28)19(21)15-32-22-12-18(13-30-23(22)29)17-8-6-16(7-9-17)14-31-10-1-2-11-31/h3-9,12-13H,1-2,10-11,14-15H2,(H2,29,30). The van der Waals surface area contributed by atoms with E-state index in [0.717, 1.165) is 43.4 Å². The molecule has 0 saturated carbocycles. The van der Waals surface area contributed by atoms with Gasteiger partial charge in [0, 0.05) is 23.9 Å². The number of nitrogen functional groups attached to an aromatic ring is 1. The highest BCUT2D eigenvalue weighted by molar-refractivity contribution is 5.67. The van der Waals surface area contributed by atoms with Crippen molar-refractivity contribution in [3.8, 4) is 16.9 Å². The molecule has 168 valence electrons. The number of nitrogens with two attached hydrogens (primary N) is 1. The molecule has 1 aromatic heterocycles. The SMILES string of the molecule is Nc1ncc(-c2ccc(CN3CCCC3)cc2)cc1OCc1c(F)cccc1C(F)(F)F. The van der Waals surface area contributed by atoms with E-state index in [0.29, 0.717) is 5.56 Å². The summed E-state index contributed by atoms with van der Waals surface area (Å²) in [6.07, 6.45) is -0.657. The molecular formula is C24H23F4N3O. The zero-order valence-electron chi connectivity index (χ0n) is 17.3. The number of pyridine rings is 1. The summed E-state index contributed by atoms with van der Waals surface area (Å²) in [6, 6.07) is 12.4. The van der Waals surface area contributed by atoms with E-state index in [2.05, 4.69) is 9.88 Å². The zero-order valence-corrected chi connectivity index (χ0v) is 17.3. The lowest BCUT2D eigenvalue weighted by atomic mass is 10.0.